The number of rotatable bonds is 1. The zero-order valence-electron chi connectivity index (χ0n) is 9.79. The number of aliphatic imine (C=N–C) groups is 1. The predicted octanol–water partition coefficient (Wildman–Crippen LogP) is 3.75. The average Bonchev–Trinajstić information content (AvgIpc) is 2.39. The summed E-state index contributed by atoms with van der Waals surface area (Å²) in [5.74, 6) is 0. The van der Waals surface area contributed by atoms with E-state index >= 15 is 0 Å². The van der Waals surface area contributed by atoms with E-state index in [1.165, 1.54) is 0 Å². The third-order valence-electron chi connectivity index (χ3n) is 2.94. The number of anilines is 2. The lowest BCUT2D eigenvalue weighted by molar-refractivity contribution is 0.190. The van der Waals surface area contributed by atoms with Gasteiger partial charge in [0.05, 0.1) is 5.69 Å². The minimum atomic E-state index is -1.05. The van der Waals surface area contributed by atoms with E-state index in [9.17, 15) is 5.11 Å². The van der Waals surface area contributed by atoms with Crippen LogP contribution in [0.2, 0.25) is 5.02 Å². The van der Waals surface area contributed by atoms with Crippen molar-refractivity contribution in [2.45, 2.75) is 6.35 Å². The second-order valence-corrected chi connectivity index (χ2v) is 4.93. The fraction of sp³-hybridized carbons (Fsp3) is 0.0714. The lowest BCUT2D eigenvalue weighted by atomic mass is 10.1. The maximum Gasteiger partial charge on any atom is 0.231 e. The van der Waals surface area contributed by atoms with Gasteiger partial charge in [0.25, 0.3) is 0 Å². The SMILES string of the molecule is OC1N=C(Cl)c2ccc(Cl)cc2N1c1ccccc1. The van der Waals surface area contributed by atoms with Gasteiger partial charge in [0.2, 0.25) is 6.35 Å². The molecule has 1 heterocycles. The molecule has 0 saturated carbocycles. The fourth-order valence-electron chi connectivity index (χ4n) is 2.09. The van der Waals surface area contributed by atoms with Crippen molar-refractivity contribution >= 4 is 39.7 Å². The smallest absolute Gasteiger partial charge is 0.231 e. The number of para-hydroxylation sites is 1. The third-order valence-corrected chi connectivity index (χ3v) is 3.47. The van der Waals surface area contributed by atoms with Crippen LogP contribution < -0.4 is 4.90 Å². The second kappa shape index (κ2) is 4.85. The van der Waals surface area contributed by atoms with Crippen molar-refractivity contribution in [1.82, 2.24) is 0 Å². The Kier molecular flexibility index (Phi) is 3.19. The maximum atomic E-state index is 10.1. The monoisotopic (exact) mass is 292 g/mol. The molecule has 0 aliphatic carbocycles. The molecule has 19 heavy (non-hydrogen) atoms. The molecule has 1 atom stereocenters. The summed E-state index contributed by atoms with van der Waals surface area (Å²) in [6, 6.07) is 14.8. The molecule has 0 amide bonds. The maximum absolute atomic E-state index is 10.1. The Morgan fingerprint density at radius 2 is 1.79 bits per heavy atom. The van der Waals surface area contributed by atoms with E-state index in [1.54, 1.807) is 23.1 Å². The number of aliphatic hydroxyl groups is 1. The van der Waals surface area contributed by atoms with Crippen molar-refractivity contribution in [2.75, 3.05) is 4.90 Å². The number of benzene rings is 2. The molecule has 0 spiro atoms. The first-order valence-corrected chi connectivity index (χ1v) is 6.48. The Hall–Kier alpha value is -1.55. The van der Waals surface area contributed by atoms with E-state index in [0.717, 1.165) is 16.9 Å². The zero-order valence-corrected chi connectivity index (χ0v) is 11.3. The Morgan fingerprint density at radius 3 is 2.53 bits per heavy atom. The summed E-state index contributed by atoms with van der Waals surface area (Å²) in [4.78, 5) is 5.72. The van der Waals surface area contributed by atoms with Crippen LogP contribution in [-0.2, 0) is 0 Å². The van der Waals surface area contributed by atoms with Gasteiger partial charge < -0.3 is 5.11 Å². The van der Waals surface area contributed by atoms with Gasteiger partial charge in [-0.1, -0.05) is 41.4 Å². The van der Waals surface area contributed by atoms with E-state index in [2.05, 4.69) is 4.99 Å². The Balaban J connectivity index is 2.19. The van der Waals surface area contributed by atoms with Crippen molar-refractivity contribution in [1.29, 1.82) is 0 Å². The molecule has 0 aromatic heterocycles. The third kappa shape index (κ3) is 2.21. The molecule has 0 fully saturated rings. The van der Waals surface area contributed by atoms with Gasteiger partial charge in [-0.25, -0.2) is 4.99 Å². The van der Waals surface area contributed by atoms with Gasteiger partial charge in [-0.15, -0.1) is 0 Å². The molecule has 1 aliphatic heterocycles. The number of aliphatic hydroxyl groups excluding tert-OH is 1. The molecule has 0 bridgehead atoms. The predicted molar refractivity (Wildman–Crippen MR) is 78.4 cm³/mol. The summed E-state index contributed by atoms with van der Waals surface area (Å²) in [5, 5.41) is 11.0. The van der Waals surface area contributed by atoms with E-state index in [0.29, 0.717) is 5.02 Å². The van der Waals surface area contributed by atoms with Gasteiger partial charge in [-0.05, 0) is 30.3 Å². The standard InChI is InChI=1S/C14H10Cl2N2O/c15-9-6-7-11-12(8-9)18(14(19)17-13(11)16)10-4-2-1-3-5-10/h1-8,14,19H. The second-order valence-electron chi connectivity index (χ2n) is 4.13. The number of nitrogens with zero attached hydrogens (tertiary/aromatic N) is 2. The summed E-state index contributed by atoms with van der Waals surface area (Å²) < 4.78 is 0. The number of fused-ring (bicyclic) bond motifs is 1. The van der Waals surface area contributed by atoms with E-state index in [4.69, 9.17) is 23.2 Å². The lowest BCUT2D eigenvalue weighted by Crippen LogP contribution is -2.34. The topological polar surface area (TPSA) is 35.8 Å². The highest BCUT2D eigenvalue weighted by Crippen LogP contribution is 2.36. The minimum Gasteiger partial charge on any atom is -0.355 e. The zero-order chi connectivity index (χ0) is 13.4. The van der Waals surface area contributed by atoms with Crippen LogP contribution in [-0.4, -0.2) is 16.6 Å². The summed E-state index contributed by atoms with van der Waals surface area (Å²) >= 11 is 12.1. The minimum absolute atomic E-state index is 0.284. The molecular weight excluding hydrogens is 283 g/mol. The van der Waals surface area contributed by atoms with Crippen LogP contribution in [0.15, 0.2) is 53.5 Å². The van der Waals surface area contributed by atoms with Gasteiger partial charge in [-0.2, -0.15) is 0 Å². The molecule has 2 aromatic carbocycles. The molecule has 2 aromatic rings. The van der Waals surface area contributed by atoms with E-state index in [-0.39, 0.29) is 5.17 Å². The van der Waals surface area contributed by atoms with E-state index < -0.39 is 6.35 Å². The average molecular weight is 293 g/mol. The first kappa shape index (κ1) is 12.5. The first-order chi connectivity index (χ1) is 9.16. The summed E-state index contributed by atoms with van der Waals surface area (Å²) in [6.07, 6.45) is -1.05. The van der Waals surface area contributed by atoms with Crippen LogP contribution in [0, 0.1) is 0 Å². The van der Waals surface area contributed by atoms with Gasteiger partial charge >= 0.3 is 0 Å². The molecule has 1 unspecified atom stereocenters. The summed E-state index contributed by atoms with van der Waals surface area (Å²) in [6.45, 7) is 0. The highest BCUT2D eigenvalue weighted by Gasteiger charge is 2.27. The van der Waals surface area contributed by atoms with Gasteiger partial charge in [0, 0.05) is 16.3 Å². The first-order valence-electron chi connectivity index (χ1n) is 5.72. The van der Waals surface area contributed by atoms with Crippen LogP contribution in [0.4, 0.5) is 11.4 Å². The largest absolute Gasteiger partial charge is 0.355 e. The molecule has 0 radical (unpaired) electrons. The van der Waals surface area contributed by atoms with Crippen molar-refractivity contribution < 1.29 is 5.11 Å². The van der Waals surface area contributed by atoms with Crippen molar-refractivity contribution in [3.05, 3.63) is 59.1 Å². The van der Waals surface area contributed by atoms with Crippen LogP contribution in [0.1, 0.15) is 5.56 Å². The molecule has 3 rings (SSSR count). The fourth-order valence-corrected chi connectivity index (χ4v) is 2.51. The van der Waals surface area contributed by atoms with Crippen LogP contribution in [0.25, 0.3) is 0 Å². The van der Waals surface area contributed by atoms with Gasteiger partial charge in [0.15, 0.2) is 0 Å². The van der Waals surface area contributed by atoms with Crippen molar-refractivity contribution in [3.8, 4) is 0 Å². The molecule has 1 aliphatic rings. The number of halogens is 2. The Labute approximate surface area is 120 Å². The van der Waals surface area contributed by atoms with Crippen molar-refractivity contribution in [2.24, 2.45) is 4.99 Å². The highest BCUT2D eigenvalue weighted by molar-refractivity contribution is 6.70. The molecule has 96 valence electrons. The van der Waals surface area contributed by atoms with Crippen LogP contribution in [0.5, 0.6) is 0 Å². The summed E-state index contributed by atoms with van der Waals surface area (Å²) in [5.41, 5.74) is 2.32. The normalized spacial score (nSPS) is 17.9. The van der Waals surface area contributed by atoms with Gasteiger partial charge in [-0.3, -0.25) is 4.90 Å². The summed E-state index contributed by atoms with van der Waals surface area (Å²) in [7, 11) is 0. The Bertz CT molecular complexity index is 643. The molecule has 0 saturated heterocycles. The van der Waals surface area contributed by atoms with Gasteiger partial charge in [0.1, 0.15) is 5.17 Å². The lowest BCUT2D eigenvalue weighted by Gasteiger charge is -2.32. The molecule has 5 heteroatoms. The molecule has 3 nitrogen and oxygen atoms in total. The molecule has 1 N–H and O–H groups in total. The molecular formula is C14H10Cl2N2O. The van der Waals surface area contributed by atoms with Crippen molar-refractivity contribution in [3.63, 3.8) is 0 Å². The van der Waals surface area contributed by atoms with E-state index in [1.807, 2.05) is 30.3 Å². The highest BCUT2D eigenvalue weighted by atomic mass is 35.5. The van der Waals surface area contributed by atoms with Crippen LogP contribution >= 0.6 is 23.2 Å². The Morgan fingerprint density at radius 1 is 1.05 bits per heavy atom. The number of hydrogen-bond acceptors (Lipinski definition) is 3. The number of hydrogen-bond donors (Lipinski definition) is 1. The quantitative estimate of drug-likeness (QED) is 0.869. The van der Waals surface area contributed by atoms with Crippen LogP contribution in [0.3, 0.4) is 0 Å².